The Morgan fingerprint density at radius 3 is 2.07 bits per heavy atom. The van der Waals surface area contributed by atoms with E-state index in [1.807, 2.05) is 13.8 Å². The molecule has 0 aliphatic carbocycles. The lowest BCUT2D eigenvalue weighted by molar-refractivity contribution is -0.128. The fraction of sp³-hybridized carbons (Fsp3) is 0.833. The fourth-order valence-electron chi connectivity index (χ4n) is 2.06. The predicted molar refractivity (Wildman–Crippen MR) is 59.3 cm³/mol. The van der Waals surface area contributed by atoms with Crippen LogP contribution >= 0.6 is 0 Å². The van der Waals surface area contributed by atoms with Crippen molar-refractivity contribution in [3.63, 3.8) is 0 Å². The van der Waals surface area contributed by atoms with E-state index >= 15 is 0 Å². The topological polar surface area (TPSA) is 46.2 Å². The molecule has 0 radical (unpaired) electrons. The molecule has 0 aromatic heterocycles. The Morgan fingerprint density at radius 2 is 1.60 bits per heavy atom. The van der Waals surface area contributed by atoms with Gasteiger partial charge in [0.2, 0.25) is 5.91 Å². The lowest BCUT2D eigenvalue weighted by Gasteiger charge is -2.11. The lowest BCUT2D eigenvalue weighted by atomic mass is 9.91. The summed E-state index contributed by atoms with van der Waals surface area (Å²) in [5.41, 5.74) is 0. The van der Waals surface area contributed by atoms with E-state index in [0.717, 1.165) is 6.42 Å². The van der Waals surface area contributed by atoms with Crippen LogP contribution < -0.4 is 5.32 Å². The van der Waals surface area contributed by atoms with Crippen LogP contribution in [0, 0.1) is 17.8 Å². The Labute approximate surface area is 91.6 Å². The summed E-state index contributed by atoms with van der Waals surface area (Å²) in [6, 6.07) is -0.235. The molecule has 1 heterocycles. The Balaban J connectivity index is 2.62. The number of hydrogen-bond acceptors (Lipinski definition) is 2. The Kier molecular flexibility index (Phi) is 3.89. The van der Waals surface area contributed by atoms with Crippen LogP contribution in [0.5, 0.6) is 0 Å². The summed E-state index contributed by atoms with van der Waals surface area (Å²) in [4.78, 5) is 23.5. The molecule has 2 atom stereocenters. The number of nitrogens with one attached hydrogen (secondary N) is 1. The van der Waals surface area contributed by atoms with Gasteiger partial charge in [-0.3, -0.25) is 9.59 Å². The highest BCUT2D eigenvalue weighted by Crippen LogP contribution is 2.22. The van der Waals surface area contributed by atoms with Crippen molar-refractivity contribution in [3.8, 4) is 0 Å². The molecule has 1 amide bonds. The van der Waals surface area contributed by atoms with Crippen molar-refractivity contribution >= 4 is 11.7 Å². The number of ketones is 1. The highest BCUT2D eigenvalue weighted by molar-refractivity contribution is 6.10. The van der Waals surface area contributed by atoms with Crippen molar-refractivity contribution < 1.29 is 9.59 Å². The molecule has 86 valence electrons. The quantitative estimate of drug-likeness (QED) is 0.720. The minimum atomic E-state index is -0.395. The second kappa shape index (κ2) is 4.77. The van der Waals surface area contributed by atoms with E-state index in [9.17, 15) is 9.59 Å². The first kappa shape index (κ1) is 12.2. The van der Waals surface area contributed by atoms with Gasteiger partial charge in [0, 0.05) is 0 Å². The van der Waals surface area contributed by atoms with E-state index in [0.29, 0.717) is 18.3 Å². The molecule has 0 bridgehead atoms. The maximum atomic E-state index is 11.9. The van der Waals surface area contributed by atoms with Crippen LogP contribution in [0.15, 0.2) is 0 Å². The highest BCUT2D eigenvalue weighted by atomic mass is 16.2. The number of amides is 1. The monoisotopic (exact) mass is 211 g/mol. The number of hydrogen-bond donors (Lipinski definition) is 1. The van der Waals surface area contributed by atoms with Gasteiger partial charge in [0.1, 0.15) is 0 Å². The molecule has 15 heavy (non-hydrogen) atoms. The number of carbonyl (C=O) groups excluding carboxylic acids is 2. The Bertz CT molecular complexity index is 258. The van der Waals surface area contributed by atoms with Gasteiger partial charge >= 0.3 is 0 Å². The minimum Gasteiger partial charge on any atom is -0.346 e. The van der Waals surface area contributed by atoms with Crippen molar-refractivity contribution in [3.05, 3.63) is 0 Å². The molecule has 1 N–H and O–H groups in total. The van der Waals surface area contributed by atoms with Gasteiger partial charge < -0.3 is 5.32 Å². The van der Waals surface area contributed by atoms with Crippen molar-refractivity contribution in [2.75, 3.05) is 0 Å². The molecule has 0 saturated carbocycles. The van der Waals surface area contributed by atoms with E-state index < -0.39 is 5.92 Å². The summed E-state index contributed by atoms with van der Waals surface area (Å²) in [6.07, 6.45) is 1.44. The first-order chi connectivity index (χ1) is 6.91. The van der Waals surface area contributed by atoms with Crippen molar-refractivity contribution in [2.24, 2.45) is 17.8 Å². The van der Waals surface area contributed by atoms with Gasteiger partial charge in [0.05, 0.1) is 12.0 Å². The third-order valence-electron chi connectivity index (χ3n) is 2.73. The molecule has 0 aromatic rings. The largest absolute Gasteiger partial charge is 0.346 e. The standard InChI is InChI=1S/C12H21NO2/c1-7(2)5-9-11(14)10(6-8(3)4)13-12(9)15/h7-10H,5-6H2,1-4H3,(H,13,15). The third kappa shape index (κ3) is 3.05. The number of rotatable bonds is 4. The van der Waals surface area contributed by atoms with Crippen LogP contribution in [-0.4, -0.2) is 17.7 Å². The van der Waals surface area contributed by atoms with Crippen molar-refractivity contribution in [1.82, 2.24) is 5.32 Å². The van der Waals surface area contributed by atoms with Gasteiger partial charge in [0.15, 0.2) is 5.78 Å². The minimum absolute atomic E-state index is 0.0700. The Morgan fingerprint density at radius 1 is 1.07 bits per heavy atom. The summed E-state index contributed by atoms with van der Waals surface area (Å²) >= 11 is 0. The van der Waals surface area contributed by atoms with E-state index in [1.165, 1.54) is 0 Å². The molecular formula is C12H21NO2. The lowest BCUT2D eigenvalue weighted by Crippen LogP contribution is -2.30. The molecule has 3 nitrogen and oxygen atoms in total. The third-order valence-corrected chi connectivity index (χ3v) is 2.73. The van der Waals surface area contributed by atoms with E-state index in [4.69, 9.17) is 0 Å². The maximum absolute atomic E-state index is 11.9. The van der Waals surface area contributed by atoms with Crippen LogP contribution in [-0.2, 0) is 9.59 Å². The van der Waals surface area contributed by atoms with Gasteiger partial charge in [-0.05, 0) is 24.7 Å². The maximum Gasteiger partial charge on any atom is 0.231 e. The molecule has 1 aliphatic rings. The van der Waals surface area contributed by atoms with E-state index in [2.05, 4.69) is 19.2 Å². The molecule has 1 saturated heterocycles. The van der Waals surface area contributed by atoms with Crippen LogP contribution in [0.4, 0.5) is 0 Å². The molecule has 0 aromatic carbocycles. The SMILES string of the molecule is CC(C)CC1NC(=O)C(CC(C)C)C1=O. The van der Waals surface area contributed by atoms with Crippen LogP contribution in [0.2, 0.25) is 0 Å². The summed E-state index contributed by atoms with van der Waals surface area (Å²) in [7, 11) is 0. The van der Waals surface area contributed by atoms with Crippen molar-refractivity contribution in [1.29, 1.82) is 0 Å². The zero-order valence-corrected chi connectivity index (χ0v) is 10.0. The Hall–Kier alpha value is -0.860. The highest BCUT2D eigenvalue weighted by Gasteiger charge is 2.40. The average molecular weight is 211 g/mol. The molecule has 0 spiro atoms. The summed E-state index contributed by atoms with van der Waals surface area (Å²) in [6.45, 7) is 8.21. The number of Topliss-reactive ketones (excluding diaryl/α,β-unsaturated/α-hetero) is 1. The van der Waals surface area contributed by atoms with Gasteiger partial charge in [-0.2, -0.15) is 0 Å². The molecule has 1 aliphatic heterocycles. The normalized spacial score (nSPS) is 26.5. The summed E-state index contributed by atoms with van der Waals surface area (Å²) in [5, 5.41) is 2.80. The molecule has 1 rings (SSSR count). The van der Waals surface area contributed by atoms with Crippen LogP contribution in [0.1, 0.15) is 40.5 Å². The second-order valence-electron chi connectivity index (χ2n) is 5.28. The van der Waals surface area contributed by atoms with E-state index in [-0.39, 0.29) is 17.7 Å². The van der Waals surface area contributed by atoms with Crippen LogP contribution in [0.25, 0.3) is 0 Å². The average Bonchev–Trinajstić information content (AvgIpc) is 2.31. The van der Waals surface area contributed by atoms with E-state index in [1.54, 1.807) is 0 Å². The fourth-order valence-corrected chi connectivity index (χ4v) is 2.06. The summed E-state index contributed by atoms with van der Waals surface area (Å²) < 4.78 is 0. The zero-order valence-electron chi connectivity index (χ0n) is 10.0. The predicted octanol–water partition coefficient (Wildman–Crippen LogP) is 1.76. The number of carbonyl (C=O) groups is 2. The first-order valence-electron chi connectivity index (χ1n) is 5.76. The second-order valence-corrected chi connectivity index (χ2v) is 5.28. The molecular weight excluding hydrogens is 190 g/mol. The van der Waals surface area contributed by atoms with Crippen LogP contribution in [0.3, 0.4) is 0 Å². The molecule has 3 heteroatoms. The van der Waals surface area contributed by atoms with Gasteiger partial charge in [0.25, 0.3) is 0 Å². The van der Waals surface area contributed by atoms with Gasteiger partial charge in [-0.25, -0.2) is 0 Å². The van der Waals surface area contributed by atoms with Gasteiger partial charge in [-0.1, -0.05) is 27.7 Å². The summed E-state index contributed by atoms with van der Waals surface area (Å²) in [5.74, 6) is 0.468. The first-order valence-corrected chi connectivity index (χ1v) is 5.76. The molecule has 1 fully saturated rings. The zero-order chi connectivity index (χ0) is 11.6. The molecule has 2 unspecified atom stereocenters. The van der Waals surface area contributed by atoms with Crippen molar-refractivity contribution in [2.45, 2.75) is 46.6 Å². The van der Waals surface area contributed by atoms with Gasteiger partial charge in [-0.15, -0.1) is 0 Å². The smallest absolute Gasteiger partial charge is 0.231 e.